The number of hydrogen-bond acceptors (Lipinski definition) is 7. The van der Waals surface area contributed by atoms with E-state index in [-0.39, 0.29) is 40.6 Å². The minimum atomic E-state index is -0.729. The van der Waals surface area contributed by atoms with E-state index in [9.17, 15) is 20.0 Å². The number of benzene rings is 1. The number of fused-ring (bicyclic) bond motifs is 5. The average Bonchev–Trinajstić information content (AvgIpc) is 3.20. The fourth-order valence-electron chi connectivity index (χ4n) is 8.62. The third-order valence-corrected chi connectivity index (χ3v) is 10.8. The molecule has 206 valence electrons. The lowest BCUT2D eigenvalue weighted by atomic mass is 9.45. The Balaban J connectivity index is 1.18. The first-order valence-electron chi connectivity index (χ1n) is 14.1. The number of oxime groups is 1. The minimum Gasteiger partial charge on any atom is -0.431 e. The van der Waals surface area contributed by atoms with Gasteiger partial charge in [0.2, 0.25) is 0 Å². The summed E-state index contributed by atoms with van der Waals surface area (Å²) >= 11 is 0. The SMILES string of the molecule is C[C@]12CC/C(=N\OCc3ccc([N+](=O)[O-])cc3)C=C1CCC1C2CC[C@]2(C)[C@@H](c3ccc(=O)oc3)CC[C@]12O. The summed E-state index contributed by atoms with van der Waals surface area (Å²) in [5, 5.41) is 27.7. The van der Waals surface area contributed by atoms with Crippen LogP contribution in [-0.2, 0) is 11.4 Å². The van der Waals surface area contributed by atoms with Crippen LogP contribution < -0.4 is 5.63 Å². The van der Waals surface area contributed by atoms with Crippen LogP contribution >= 0.6 is 0 Å². The fraction of sp³-hybridized carbons (Fsp3) is 0.548. The Hall–Kier alpha value is -3.26. The van der Waals surface area contributed by atoms with Gasteiger partial charge in [0, 0.05) is 23.6 Å². The highest BCUT2D eigenvalue weighted by Gasteiger charge is 2.66. The second-order valence-electron chi connectivity index (χ2n) is 12.5. The topological polar surface area (TPSA) is 115 Å². The molecule has 0 aliphatic heterocycles. The van der Waals surface area contributed by atoms with Crippen LogP contribution in [0.3, 0.4) is 0 Å². The molecule has 3 fully saturated rings. The molecule has 0 spiro atoms. The Labute approximate surface area is 227 Å². The van der Waals surface area contributed by atoms with E-state index < -0.39 is 10.5 Å². The van der Waals surface area contributed by atoms with Gasteiger partial charge in [-0.3, -0.25) is 10.1 Å². The smallest absolute Gasteiger partial charge is 0.335 e. The highest BCUT2D eigenvalue weighted by Crippen LogP contribution is 2.69. The van der Waals surface area contributed by atoms with Crippen LogP contribution in [0.15, 0.2) is 68.7 Å². The highest BCUT2D eigenvalue weighted by molar-refractivity contribution is 5.96. The van der Waals surface area contributed by atoms with Gasteiger partial charge in [0.25, 0.3) is 5.69 Å². The predicted molar refractivity (Wildman–Crippen MR) is 146 cm³/mol. The van der Waals surface area contributed by atoms with Crippen LogP contribution in [0.2, 0.25) is 0 Å². The molecule has 8 heteroatoms. The number of nitro groups is 1. The first-order valence-corrected chi connectivity index (χ1v) is 14.1. The fourth-order valence-corrected chi connectivity index (χ4v) is 8.62. The number of allylic oxidation sites excluding steroid dienone is 2. The van der Waals surface area contributed by atoms with Gasteiger partial charge in [0.05, 0.1) is 22.5 Å². The molecule has 0 amide bonds. The maximum atomic E-state index is 12.4. The van der Waals surface area contributed by atoms with E-state index in [1.165, 1.54) is 23.8 Å². The van der Waals surface area contributed by atoms with E-state index in [0.717, 1.165) is 68.2 Å². The molecule has 6 rings (SSSR count). The molecular formula is C31H36N2O6. The van der Waals surface area contributed by atoms with Gasteiger partial charge >= 0.3 is 5.63 Å². The molecular weight excluding hydrogens is 496 g/mol. The van der Waals surface area contributed by atoms with E-state index in [0.29, 0.717) is 5.92 Å². The van der Waals surface area contributed by atoms with Crippen LogP contribution in [0.5, 0.6) is 0 Å². The van der Waals surface area contributed by atoms with Gasteiger partial charge in [-0.25, -0.2) is 4.79 Å². The van der Waals surface area contributed by atoms with Crippen molar-refractivity contribution in [1.29, 1.82) is 0 Å². The lowest BCUT2D eigenvalue weighted by molar-refractivity contribution is -0.384. The molecule has 2 unspecified atom stereocenters. The standard InChI is InChI=1S/C31H36N2O6/c1-29-14-11-23(32-39-18-20-3-7-24(8-4-20)33(36)37)17-22(29)6-9-27-26(29)12-15-30(2)25(13-16-31(27,30)35)21-5-10-28(34)38-19-21/h3-5,7-8,10,17,19,25-27,35H,6,9,11-16,18H2,1-2H3/b32-23+/t25-,26?,27?,29+,30-,31+/m1/s1. The van der Waals surface area contributed by atoms with Gasteiger partial charge < -0.3 is 14.4 Å². The van der Waals surface area contributed by atoms with Crippen LogP contribution in [0.4, 0.5) is 5.69 Å². The van der Waals surface area contributed by atoms with Crippen molar-refractivity contribution in [2.24, 2.45) is 27.8 Å². The van der Waals surface area contributed by atoms with Crippen LogP contribution in [0.25, 0.3) is 0 Å². The largest absolute Gasteiger partial charge is 0.431 e. The summed E-state index contributed by atoms with van der Waals surface area (Å²) in [5.41, 5.74) is 3.02. The van der Waals surface area contributed by atoms with Crippen molar-refractivity contribution in [3.8, 4) is 0 Å². The molecule has 0 radical (unpaired) electrons. The second kappa shape index (κ2) is 9.44. The van der Waals surface area contributed by atoms with Crippen molar-refractivity contribution in [2.75, 3.05) is 0 Å². The maximum absolute atomic E-state index is 12.4. The molecule has 3 saturated carbocycles. The van der Waals surface area contributed by atoms with Gasteiger partial charge in [-0.1, -0.05) is 24.6 Å². The molecule has 0 saturated heterocycles. The first-order chi connectivity index (χ1) is 18.6. The highest BCUT2D eigenvalue weighted by atomic mass is 16.6. The van der Waals surface area contributed by atoms with Crippen molar-refractivity contribution in [2.45, 2.75) is 83.3 Å². The molecule has 8 nitrogen and oxygen atoms in total. The normalized spacial score (nSPS) is 36.4. The summed E-state index contributed by atoms with van der Waals surface area (Å²) in [4.78, 5) is 27.6. The zero-order valence-corrected chi connectivity index (χ0v) is 22.6. The predicted octanol–water partition coefficient (Wildman–Crippen LogP) is 6.28. The summed E-state index contributed by atoms with van der Waals surface area (Å²) in [6, 6.07) is 9.72. The van der Waals surface area contributed by atoms with Crippen LogP contribution in [-0.4, -0.2) is 21.3 Å². The third kappa shape index (κ3) is 4.15. The number of hydrogen-bond donors (Lipinski definition) is 1. The van der Waals surface area contributed by atoms with Crippen molar-refractivity contribution in [3.05, 3.63) is 86.0 Å². The van der Waals surface area contributed by atoms with Gasteiger partial charge in [-0.05, 0) is 110 Å². The minimum absolute atomic E-state index is 0.0367. The third-order valence-electron chi connectivity index (χ3n) is 10.8. The number of non-ortho nitro benzene ring substituents is 1. The maximum Gasteiger partial charge on any atom is 0.335 e. The summed E-state index contributed by atoms with van der Waals surface area (Å²) in [6.07, 6.45) is 11.3. The Kier molecular flexibility index (Phi) is 6.29. The van der Waals surface area contributed by atoms with Crippen molar-refractivity contribution in [1.82, 2.24) is 0 Å². The van der Waals surface area contributed by atoms with Crippen LogP contribution in [0.1, 0.15) is 82.3 Å². The lowest BCUT2D eigenvalue weighted by Gasteiger charge is -2.61. The van der Waals surface area contributed by atoms with Crippen molar-refractivity contribution >= 4 is 11.4 Å². The zero-order valence-electron chi connectivity index (χ0n) is 22.6. The van der Waals surface area contributed by atoms with Gasteiger partial charge in [-0.2, -0.15) is 0 Å². The Morgan fingerprint density at radius 1 is 1.05 bits per heavy atom. The number of nitro benzene ring substituents is 1. The molecule has 1 N–H and O–H groups in total. The Morgan fingerprint density at radius 3 is 2.56 bits per heavy atom. The molecule has 0 bridgehead atoms. The zero-order chi connectivity index (χ0) is 27.4. The number of nitrogens with zero attached hydrogens (tertiary/aromatic N) is 2. The molecule has 1 aromatic heterocycles. The van der Waals surface area contributed by atoms with Gasteiger partial charge in [0.15, 0.2) is 0 Å². The molecule has 2 aromatic rings. The summed E-state index contributed by atoms with van der Waals surface area (Å²) in [5.74, 6) is 0.858. The molecule has 1 heterocycles. The van der Waals surface area contributed by atoms with E-state index in [2.05, 4.69) is 25.1 Å². The summed E-state index contributed by atoms with van der Waals surface area (Å²) in [7, 11) is 0. The van der Waals surface area contributed by atoms with E-state index in [1.807, 2.05) is 6.07 Å². The molecule has 39 heavy (non-hydrogen) atoms. The molecule has 6 atom stereocenters. The van der Waals surface area contributed by atoms with E-state index in [4.69, 9.17) is 9.25 Å². The molecule has 4 aliphatic rings. The molecule has 4 aliphatic carbocycles. The molecule has 1 aromatic carbocycles. The van der Waals surface area contributed by atoms with Crippen molar-refractivity contribution < 1.29 is 19.3 Å². The quantitative estimate of drug-likeness (QED) is 0.358. The van der Waals surface area contributed by atoms with Crippen molar-refractivity contribution in [3.63, 3.8) is 0 Å². The summed E-state index contributed by atoms with van der Waals surface area (Å²) in [6.45, 7) is 4.91. The first kappa shape index (κ1) is 26.0. The summed E-state index contributed by atoms with van der Waals surface area (Å²) < 4.78 is 5.21. The van der Waals surface area contributed by atoms with E-state index in [1.54, 1.807) is 18.4 Å². The second-order valence-corrected chi connectivity index (χ2v) is 12.5. The lowest BCUT2D eigenvalue weighted by Crippen LogP contribution is -2.60. The van der Waals surface area contributed by atoms with Gasteiger partial charge in [-0.15, -0.1) is 0 Å². The van der Waals surface area contributed by atoms with Crippen LogP contribution in [0, 0.1) is 32.8 Å². The average molecular weight is 533 g/mol. The Morgan fingerprint density at radius 2 is 1.85 bits per heavy atom. The van der Waals surface area contributed by atoms with Gasteiger partial charge in [0.1, 0.15) is 6.61 Å². The number of aliphatic hydroxyl groups is 1. The number of rotatable bonds is 5. The Bertz CT molecular complexity index is 1380. The monoisotopic (exact) mass is 532 g/mol. The van der Waals surface area contributed by atoms with E-state index >= 15 is 0 Å².